The lowest BCUT2D eigenvalue weighted by molar-refractivity contribution is -0.139. The number of ether oxygens (including phenoxy) is 1. The van der Waals surface area contributed by atoms with Gasteiger partial charge < -0.3 is 14.9 Å². The van der Waals surface area contributed by atoms with Crippen LogP contribution in [0.4, 0.5) is 5.69 Å². The van der Waals surface area contributed by atoms with Crippen LogP contribution >= 0.6 is 0 Å². The fourth-order valence-electron chi connectivity index (χ4n) is 4.55. The topological polar surface area (TPSA) is 142 Å². The number of hydrogen-bond acceptors (Lipinski definition) is 7. The second kappa shape index (κ2) is 9.74. The van der Waals surface area contributed by atoms with Crippen molar-refractivity contribution in [2.45, 2.75) is 32.4 Å². The standard InChI is InChI=1S/C26H26N4O6/c1-15-22(24(34)35)16(2)29-25(28-15)36-14-26(18-9-5-4-6-10-18)19-11-7-8-12-20(19)30(17(3)23(32)33)21(31)13-27-26/h4-12,17,27H,13-14H2,1-3H3,(H,32,33)(H,34,35)/t17-,26+/m1/s1. The number of rotatable bonds is 7. The number of amides is 1. The summed E-state index contributed by atoms with van der Waals surface area (Å²) in [7, 11) is 0. The highest BCUT2D eigenvalue weighted by Gasteiger charge is 2.43. The number of carbonyl (C=O) groups is 3. The van der Waals surface area contributed by atoms with Crippen molar-refractivity contribution in [1.29, 1.82) is 0 Å². The summed E-state index contributed by atoms with van der Waals surface area (Å²) in [5.41, 5.74) is 1.36. The molecule has 10 nitrogen and oxygen atoms in total. The van der Waals surface area contributed by atoms with Gasteiger partial charge in [-0.25, -0.2) is 9.59 Å². The fourth-order valence-corrected chi connectivity index (χ4v) is 4.55. The molecule has 1 aliphatic rings. The van der Waals surface area contributed by atoms with Gasteiger partial charge in [-0.1, -0.05) is 48.5 Å². The zero-order valence-electron chi connectivity index (χ0n) is 20.1. The van der Waals surface area contributed by atoms with Crippen LogP contribution in [0.5, 0.6) is 6.01 Å². The molecule has 1 amide bonds. The molecule has 4 rings (SSSR count). The lowest BCUT2D eigenvalue weighted by Crippen LogP contribution is -2.50. The van der Waals surface area contributed by atoms with Gasteiger partial charge in [-0.2, -0.15) is 9.97 Å². The van der Waals surface area contributed by atoms with Gasteiger partial charge in [0.1, 0.15) is 23.8 Å². The summed E-state index contributed by atoms with van der Waals surface area (Å²) in [4.78, 5) is 46.3. The first kappa shape index (κ1) is 24.8. The normalized spacial score (nSPS) is 18.2. The van der Waals surface area contributed by atoms with Gasteiger partial charge in [-0.05, 0) is 32.4 Å². The van der Waals surface area contributed by atoms with Crippen LogP contribution in [0.2, 0.25) is 0 Å². The van der Waals surface area contributed by atoms with Gasteiger partial charge in [0.05, 0.1) is 23.6 Å². The van der Waals surface area contributed by atoms with Crippen molar-refractivity contribution < 1.29 is 29.3 Å². The van der Waals surface area contributed by atoms with E-state index in [0.29, 0.717) is 11.3 Å². The Kier molecular flexibility index (Phi) is 6.71. The summed E-state index contributed by atoms with van der Waals surface area (Å²) < 4.78 is 6.07. The molecule has 0 aliphatic carbocycles. The van der Waals surface area contributed by atoms with E-state index in [1.807, 2.05) is 42.5 Å². The Bertz CT molecular complexity index is 1310. The molecule has 2 aromatic carbocycles. The van der Waals surface area contributed by atoms with Gasteiger partial charge in [-0.3, -0.25) is 15.0 Å². The predicted molar refractivity (Wildman–Crippen MR) is 130 cm³/mol. The quantitative estimate of drug-likeness (QED) is 0.455. The number of nitrogens with zero attached hydrogens (tertiary/aromatic N) is 3. The zero-order chi connectivity index (χ0) is 26.0. The molecular weight excluding hydrogens is 464 g/mol. The number of carbonyl (C=O) groups excluding carboxylic acids is 1. The molecule has 1 aromatic heterocycles. The van der Waals surface area contributed by atoms with Gasteiger partial charge in [0.2, 0.25) is 5.91 Å². The second-order valence-corrected chi connectivity index (χ2v) is 8.57. The van der Waals surface area contributed by atoms with Crippen molar-refractivity contribution in [2.24, 2.45) is 0 Å². The maximum absolute atomic E-state index is 13.2. The van der Waals surface area contributed by atoms with Crippen LogP contribution in [0.25, 0.3) is 0 Å². The van der Waals surface area contributed by atoms with Crippen LogP contribution < -0.4 is 15.0 Å². The maximum Gasteiger partial charge on any atom is 0.339 e. The molecule has 186 valence electrons. The Labute approximate surface area is 207 Å². The molecule has 3 aromatic rings. The van der Waals surface area contributed by atoms with Crippen LogP contribution in [0.3, 0.4) is 0 Å². The molecule has 0 fully saturated rings. The SMILES string of the molecule is Cc1nc(OC[C@@]2(c3ccccc3)NCC(=O)N([C@H](C)C(=O)O)c3ccccc32)nc(C)c1C(=O)O. The summed E-state index contributed by atoms with van der Waals surface area (Å²) >= 11 is 0. The van der Waals surface area contributed by atoms with Gasteiger partial charge in [0.15, 0.2) is 0 Å². The largest absolute Gasteiger partial charge is 0.480 e. The van der Waals surface area contributed by atoms with E-state index in [1.54, 1.807) is 26.0 Å². The van der Waals surface area contributed by atoms with Gasteiger partial charge in [0, 0.05) is 5.56 Å². The molecule has 10 heteroatoms. The first-order valence-electron chi connectivity index (χ1n) is 11.3. The van der Waals surface area contributed by atoms with Gasteiger partial charge in [0.25, 0.3) is 0 Å². The molecule has 0 radical (unpaired) electrons. The third-order valence-electron chi connectivity index (χ3n) is 6.33. The molecule has 2 atom stereocenters. The van der Waals surface area contributed by atoms with E-state index >= 15 is 0 Å². The first-order chi connectivity index (χ1) is 17.2. The number of carboxylic acid groups (broad SMARTS) is 2. The molecule has 3 N–H and O–H groups in total. The van der Waals surface area contributed by atoms with Crippen molar-refractivity contribution in [2.75, 3.05) is 18.1 Å². The van der Waals surface area contributed by atoms with Crippen molar-refractivity contribution >= 4 is 23.5 Å². The monoisotopic (exact) mass is 490 g/mol. The van der Waals surface area contributed by atoms with Crippen LogP contribution in [0.15, 0.2) is 54.6 Å². The van der Waals surface area contributed by atoms with Crippen molar-refractivity contribution in [3.8, 4) is 6.01 Å². The molecule has 0 bridgehead atoms. The molecule has 1 aliphatic heterocycles. The highest BCUT2D eigenvalue weighted by molar-refractivity contribution is 6.01. The minimum absolute atomic E-state index is 0.00378. The molecule has 2 heterocycles. The number of anilines is 1. The number of hydrogen-bond donors (Lipinski definition) is 3. The van der Waals surface area contributed by atoms with Crippen molar-refractivity contribution in [1.82, 2.24) is 15.3 Å². The van der Waals surface area contributed by atoms with E-state index in [9.17, 15) is 24.6 Å². The number of benzene rings is 2. The van der Waals surface area contributed by atoms with Crippen LogP contribution in [-0.4, -0.2) is 57.2 Å². The Morgan fingerprint density at radius 2 is 1.67 bits per heavy atom. The predicted octanol–water partition coefficient (Wildman–Crippen LogP) is 2.52. The Hall–Kier alpha value is -4.31. The molecule has 0 spiro atoms. The number of aliphatic carboxylic acids is 1. The molecular formula is C26H26N4O6. The highest BCUT2D eigenvalue weighted by atomic mass is 16.5. The second-order valence-electron chi connectivity index (χ2n) is 8.57. The van der Waals surface area contributed by atoms with E-state index in [0.717, 1.165) is 5.56 Å². The number of nitrogens with one attached hydrogen (secondary N) is 1. The Morgan fingerprint density at radius 3 is 2.28 bits per heavy atom. The van der Waals surface area contributed by atoms with Crippen molar-refractivity contribution in [3.63, 3.8) is 0 Å². The van der Waals surface area contributed by atoms with Crippen molar-refractivity contribution in [3.05, 3.63) is 82.7 Å². The zero-order valence-corrected chi connectivity index (χ0v) is 20.1. The van der Waals surface area contributed by atoms with Gasteiger partial charge >= 0.3 is 17.9 Å². The van der Waals surface area contributed by atoms with E-state index < -0.39 is 29.4 Å². The lowest BCUT2D eigenvalue weighted by atomic mass is 9.82. The third-order valence-corrected chi connectivity index (χ3v) is 6.33. The number of carboxylic acids is 2. The molecule has 0 saturated carbocycles. The lowest BCUT2D eigenvalue weighted by Gasteiger charge is -2.35. The summed E-state index contributed by atoms with van der Waals surface area (Å²) in [5.74, 6) is -2.65. The number of aryl methyl sites for hydroxylation is 2. The first-order valence-corrected chi connectivity index (χ1v) is 11.3. The van der Waals surface area contributed by atoms with Crippen LogP contribution in [0, 0.1) is 13.8 Å². The van der Waals surface area contributed by atoms with E-state index in [-0.39, 0.29) is 36.1 Å². The summed E-state index contributed by atoms with van der Waals surface area (Å²) in [6, 6.07) is 15.4. The fraction of sp³-hybridized carbons (Fsp3) is 0.269. The average molecular weight is 491 g/mol. The van der Waals surface area contributed by atoms with Crippen LogP contribution in [-0.2, 0) is 15.1 Å². The van der Waals surface area contributed by atoms with Gasteiger partial charge in [-0.15, -0.1) is 0 Å². The highest BCUT2D eigenvalue weighted by Crippen LogP contribution is 2.39. The number of aromatic nitrogens is 2. The Morgan fingerprint density at radius 1 is 1.06 bits per heavy atom. The smallest absolute Gasteiger partial charge is 0.339 e. The van der Waals surface area contributed by atoms with E-state index in [1.165, 1.54) is 11.8 Å². The van der Waals surface area contributed by atoms with E-state index in [4.69, 9.17) is 4.74 Å². The maximum atomic E-state index is 13.2. The third kappa shape index (κ3) is 4.38. The molecule has 0 saturated heterocycles. The van der Waals surface area contributed by atoms with E-state index in [2.05, 4.69) is 15.3 Å². The minimum atomic E-state index is -1.13. The number of fused-ring (bicyclic) bond motifs is 1. The van der Waals surface area contributed by atoms with Crippen LogP contribution in [0.1, 0.15) is 39.8 Å². The minimum Gasteiger partial charge on any atom is -0.480 e. The molecule has 0 unspecified atom stereocenters. The molecule has 36 heavy (non-hydrogen) atoms. The summed E-state index contributed by atoms with van der Waals surface area (Å²) in [6.45, 7) is 4.40. The number of para-hydroxylation sites is 1. The average Bonchev–Trinajstić information content (AvgIpc) is 2.97. The summed E-state index contributed by atoms with van der Waals surface area (Å²) in [6.07, 6.45) is 0. The Balaban J connectivity index is 1.85. The number of aromatic carboxylic acids is 1. The summed E-state index contributed by atoms with van der Waals surface area (Å²) in [5, 5.41) is 22.4.